The second kappa shape index (κ2) is 6.25. The van der Waals surface area contributed by atoms with Crippen molar-refractivity contribution in [3.8, 4) is 0 Å². The van der Waals surface area contributed by atoms with E-state index in [1.165, 1.54) is 5.57 Å². The van der Waals surface area contributed by atoms with Crippen molar-refractivity contribution in [2.75, 3.05) is 0 Å². The summed E-state index contributed by atoms with van der Waals surface area (Å²) >= 11 is 0. The number of carbonyl (C=O) groups is 1. The van der Waals surface area contributed by atoms with Crippen molar-refractivity contribution in [1.82, 2.24) is 0 Å². The van der Waals surface area contributed by atoms with E-state index in [9.17, 15) is 15.0 Å². The van der Waals surface area contributed by atoms with Gasteiger partial charge in [0.15, 0.2) is 12.1 Å². The topological polar surface area (TPSA) is 91.8 Å². The van der Waals surface area contributed by atoms with E-state index in [1.54, 1.807) is 6.08 Å². The van der Waals surface area contributed by atoms with Crippen LogP contribution in [0.3, 0.4) is 0 Å². The first-order valence-electron chi connectivity index (χ1n) is 13.2. The Morgan fingerprint density at radius 3 is 2.68 bits per heavy atom. The SMILES string of the molecule is C[C@@H](C1=C[C@@H](O)[C@H]2[C@@H]3C[C@@H]4O[C@@]45CC=CC(=O)[C@]5(C)[C@H]3CC[C@]12C)[C@H]1C[C@]2(C)O[C@]2(C)[C@H](O)O1. The number of ether oxygens (including phenoxy) is 3. The quantitative estimate of drug-likeness (QED) is 0.475. The van der Waals surface area contributed by atoms with E-state index in [0.717, 1.165) is 32.1 Å². The molecule has 0 aromatic carbocycles. The number of allylic oxidation sites excluding steroid dienone is 1. The number of rotatable bonds is 2. The predicted molar refractivity (Wildman–Crippen MR) is 124 cm³/mol. The van der Waals surface area contributed by atoms with Crippen molar-refractivity contribution in [2.45, 2.75) is 108 Å². The highest BCUT2D eigenvalue weighted by molar-refractivity contribution is 5.97. The van der Waals surface area contributed by atoms with Crippen LogP contribution in [-0.4, -0.2) is 57.4 Å². The second-order valence-electron chi connectivity index (χ2n) is 13.2. The summed E-state index contributed by atoms with van der Waals surface area (Å²) in [6.07, 6.45) is 8.74. The van der Waals surface area contributed by atoms with Crippen molar-refractivity contribution >= 4 is 5.78 Å². The van der Waals surface area contributed by atoms with E-state index in [4.69, 9.17) is 14.2 Å². The summed E-state index contributed by atoms with van der Waals surface area (Å²) in [6, 6.07) is 0. The summed E-state index contributed by atoms with van der Waals surface area (Å²) < 4.78 is 18.4. The molecule has 0 amide bonds. The highest BCUT2D eigenvalue weighted by Gasteiger charge is 2.78. The van der Waals surface area contributed by atoms with Gasteiger partial charge in [-0.1, -0.05) is 31.6 Å². The number of carbonyl (C=O) groups excluding carboxylic acids is 1. The van der Waals surface area contributed by atoms with Crippen LogP contribution in [0.4, 0.5) is 0 Å². The van der Waals surface area contributed by atoms with Gasteiger partial charge >= 0.3 is 0 Å². The first-order valence-corrected chi connectivity index (χ1v) is 13.2. The normalized spacial score (nSPS) is 61.9. The summed E-state index contributed by atoms with van der Waals surface area (Å²) in [7, 11) is 0. The molecule has 4 aliphatic carbocycles. The Hall–Kier alpha value is -1.05. The highest BCUT2D eigenvalue weighted by Crippen LogP contribution is 2.72. The Morgan fingerprint density at radius 2 is 1.94 bits per heavy atom. The van der Waals surface area contributed by atoms with E-state index >= 15 is 0 Å². The van der Waals surface area contributed by atoms with Gasteiger partial charge < -0.3 is 24.4 Å². The minimum absolute atomic E-state index is 0.0658. The van der Waals surface area contributed by atoms with E-state index in [2.05, 4.69) is 33.8 Å². The summed E-state index contributed by atoms with van der Waals surface area (Å²) in [5.74, 6) is 0.830. The molecule has 13 atom stereocenters. The summed E-state index contributed by atoms with van der Waals surface area (Å²) in [4.78, 5) is 13.3. The molecule has 3 heterocycles. The smallest absolute Gasteiger partial charge is 0.186 e. The fourth-order valence-electron chi connectivity index (χ4n) is 9.70. The molecule has 186 valence electrons. The molecule has 3 aliphatic heterocycles. The van der Waals surface area contributed by atoms with Crippen molar-refractivity contribution in [3.63, 3.8) is 0 Å². The zero-order valence-corrected chi connectivity index (χ0v) is 20.9. The molecule has 6 nitrogen and oxygen atoms in total. The number of aliphatic hydroxyl groups is 2. The van der Waals surface area contributed by atoms with Crippen LogP contribution in [0, 0.1) is 34.5 Å². The van der Waals surface area contributed by atoms with E-state index in [1.807, 2.05) is 13.0 Å². The van der Waals surface area contributed by atoms with Crippen LogP contribution in [0.1, 0.15) is 66.7 Å². The summed E-state index contributed by atoms with van der Waals surface area (Å²) in [6.45, 7) is 10.6. The van der Waals surface area contributed by atoms with Gasteiger partial charge in [-0.15, -0.1) is 0 Å². The van der Waals surface area contributed by atoms with Crippen LogP contribution in [-0.2, 0) is 19.0 Å². The van der Waals surface area contributed by atoms with Gasteiger partial charge in [-0.05, 0) is 69.8 Å². The number of epoxide rings is 2. The lowest BCUT2D eigenvalue weighted by atomic mass is 9.44. The largest absolute Gasteiger partial charge is 0.389 e. The molecule has 3 saturated heterocycles. The van der Waals surface area contributed by atoms with E-state index < -0.39 is 23.4 Å². The fourth-order valence-corrected chi connectivity index (χ4v) is 9.70. The summed E-state index contributed by atoms with van der Waals surface area (Å²) in [5, 5.41) is 22.1. The zero-order chi connectivity index (χ0) is 24.1. The average molecular weight is 471 g/mol. The first kappa shape index (κ1) is 22.2. The Bertz CT molecular complexity index is 1040. The average Bonchev–Trinajstić information content (AvgIpc) is 3.59. The van der Waals surface area contributed by atoms with Crippen LogP contribution in [0.15, 0.2) is 23.8 Å². The first-order chi connectivity index (χ1) is 15.9. The molecule has 0 aromatic rings. The van der Waals surface area contributed by atoms with Gasteiger partial charge in [0.1, 0.15) is 16.8 Å². The Morgan fingerprint density at radius 1 is 1.18 bits per heavy atom. The lowest BCUT2D eigenvalue weighted by molar-refractivity contribution is -0.192. The molecule has 2 saturated carbocycles. The van der Waals surface area contributed by atoms with Gasteiger partial charge in [-0.3, -0.25) is 4.79 Å². The second-order valence-corrected chi connectivity index (χ2v) is 13.2. The van der Waals surface area contributed by atoms with Crippen LogP contribution in [0.5, 0.6) is 0 Å². The van der Waals surface area contributed by atoms with Crippen molar-refractivity contribution < 1.29 is 29.2 Å². The number of hydrogen-bond donors (Lipinski definition) is 2. The van der Waals surface area contributed by atoms with E-state index in [-0.39, 0.29) is 58.3 Å². The Labute approximate surface area is 201 Å². The molecule has 0 bridgehead atoms. The monoisotopic (exact) mass is 470 g/mol. The molecule has 0 unspecified atom stereocenters. The Balaban J connectivity index is 1.19. The third kappa shape index (κ3) is 2.30. The van der Waals surface area contributed by atoms with Gasteiger partial charge in [0.05, 0.1) is 23.7 Å². The molecule has 34 heavy (non-hydrogen) atoms. The minimum atomic E-state index is -0.936. The van der Waals surface area contributed by atoms with Gasteiger partial charge in [-0.25, -0.2) is 0 Å². The number of fused-ring (bicyclic) bond motifs is 5. The van der Waals surface area contributed by atoms with Crippen LogP contribution < -0.4 is 0 Å². The minimum Gasteiger partial charge on any atom is -0.389 e. The molecular weight excluding hydrogens is 432 g/mol. The molecular formula is C28H38O6. The zero-order valence-electron chi connectivity index (χ0n) is 20.9. The van der Waals surface area contributed by atoms with Crippen LogP contribution >= 0.6 is 0 Å². The van der Waals surface area contributed by atoms with Gasteiger partial charge in [0, 0.05) is 18.3 Å². The molecule has 7 rings (SSSR count). The summed E-state index contributed by atoms with van der Waals surface area (Å²) in [5.41, 5.74) is -0.699. The standard InChI is InChI=1S/C28H38O6/c1-14(19-13-25(3)27(5,34-25)23(31)32-19)17-12-18(29)22-15-11-21-28(33-21)9-6-7-20(30)26(28,4)16(15)8-10-24(17,22)2/h6-7,12,14-16,18-19,21-23,29,31H,8-11,13H2,1-5H3/t14-,15+,16-,18+,19+,21-,22+,23+,24+,25-,26-,27+,28-/m0/s1. The molecule has 0 aromatic heterocycles. The maximum absolute atomic E-state index is 13.3. The van der Waals surface area contributed by atoms with Crippen molar-refractivity contribution in [3.05, 3.63) is 23.8 Å². The molecule has 0 radical (unpaired) electrons. The van der Waals surface area contributed by atoms with Gasteiger partial charge in [0.2, 0.25) is 0 Å². The number of hydrogen-bond acceptors (Lipinski definition) is 6. The number of aliphatic hydroxyl groups excluding tert-OH is 2. The number of ketones is 1. The lowest BCUT2D eigenvalue weighted by Crippen LogP contribution is -2.60. The maximum Gasteiger partial charge on any atom is 0.186 e. The third-order valence-corrected chi connectivity index (χ3v) is 12.1. The van der Waals surface area contributed by atoms with Crippen LogP contribution in [0.25, 0.3) is 0 Å². The van der Waals surface area contributed by atoms with Gasteiger partial charge in [0.25, 0.3) is 0 Å². The molecule has 6 heteroatoms. The molecule has 7 aliphatic rings. The third-order valence-electron chi connectivity index (χ3n) is 12.1. The fraction of sp³-hybridized carbons (Fsp3) is 0.821. The van der Waals surface area contributed by atoms with Crippen molar-refractivity contribution in [1.29, 1.82) is 0 Å². The lowest BCUT2D eigenvalue weighted by Gasteiger charge is -2.57. The van der Waals surface area contributed by atoms with Crippen molar-refractivity contribution in [2.24, 2.45) is 34.5 Å². The van der Waals surface area contributed by atoms with Crippen LogP contribution in [0.2, 0.25) is 0 Å². The molecule has 5 fully saturated rings. The maximum atomic E-state index is 13.3. The Kier molecular flexibility index (Phi) is 4.08. The van der Waals surface area contributed by atoms with E-state index in [0.29, 0.717) is 0 Å². The predicted octanol–water partition coefficient (Wildman–Crippen LogP) is 3.30. The molecule has 1 spiro atoms. The molecule has 2 N–H and O–H groups in total. The van der Waals surface area contributed by atoms with Gasteiger partial charge in [-0.2, -0.15) is 0 Å². The highest BCUT2D eigenvalue weighted by atomic mass is 16.7.